The molecule has 3 N–H and O–H groups in total. The Morgan fingerprint density at radius 1 is 0.974 bits per heavy atom. The molecule has 1 spiro atoms. The summed E-state index contributed by atoms with van der Waals surface area (Å²) < 4.78 is 5.38. The van der Waals surface area contributed by atoms with Crippen LogP contribution in [-0.4, -0.2) is 66.8 Å². The predicted molar refractivity (Wildman–Crippen MR) is 146 cm³/mol. The second-order valence-electron chi connectivity index (χ2n) is 12.7. The first kappa shape index (κ1) is 26.9. The van der Waals surface area contributed by atoms with Gasteiger partial charge >= 0.3 is 6.09 Å². The van der Waals surface area contributed by atoms with Crippen molar-refractivity contribution >= 4 is 23.6 Å². The highest BCUT2D eigenvalue weighted by Gasteiger charge is 2.46. The fourth-order valence-corrected chi connectivity index (χ4v) is 6.60. The van der Waals surface area contributed by atoms with Crippen molar-refractivity contribution in [3.05, 3.63) is 29.8 Å². The van der Waals surface area contributed by atoms with Gasteiger partial charge in [0.1, 0.15) is 5.60 Å². The number of piperidine rings is 3. The highest BCUT2D eigenvalue weighted by atomic mass is 16.6. The number of hydrazine groups is 1. The maximum atomic E-state index is 12.2. The molecule has 1 aromatic carbocycles. The molecule has 3 saturated heterocycles. The minimum absolute atomic E-state index is 0.172. The van der Waals surface area contributed by atoms with Gasteiger partial charge in [-0.25, -0.2) is 9.80 Å². The molecule has 1 unspecified atom stereocenters. The molecule has 4 fully saturated rings. The zero-order valence-electron chi connectivity index (χ0n) is 23.1. The van der Waals surface area contributed by atoms with Gasteiger partial charge in [-0.05, 0) is 88.8 Å². The van der Waals surface area contributed by atoms with Gasteiger partial charge in [0.2, 0.25) is 11.8 Å². The van der Waals surface area contributed by atoms with Gasteiger partial charge in [0, 0.05) is 50.4 Å². The summed E-state index contributed by atoms with van der Waals surface area (Å²) in [4.78, 5) is 38.1. The molecule has 0 radical (unpaired) electrons. The molecule has 0 bridgehead atoms. The van der Waals surface area contributed by atoms with Crippen molar-refractivity contribution in [2.45, 2.75) is 95.7 Å². The quantitative estimate of drug-likeness (QED) is 0.506. The summed E-state index contributed by atoms with van der Waals surface area (Å²) in [6.07, 6.45) is 7.60. The largest absolute Gasteiger partial charge is 0.443 e. The number of benzene rings is 1. The number of anilines is 1. The first-order chi connectivity index (χ1) is 18.1. The minimum Gasteiger partial charge on any atom is -0.443 e. The average molecular weight is 526 g/mol. The highest BCUT2D eigenvalue weighted by molar-refractivity contribution is 6.00. The van der Waals surface area contributed by atoms with Crippen LogP contribution in [0.15, 0.2) is 24.3 Å². The van der Waals surface area contributed by atoms with Crippen molar-refractivity contribution in [1.29, 1.82) is 0 Å². The summed E-state index contributed by atoms with van der Waals surface area (Å²) >= 11 is 0. The number of imide groups is 1. The van der Waals surface area contributed by atoms with E-state index in [4.69, 9.17) is 4.74 Å². The van der Waals surface area contributed by atoms with Gasteiger partial charge in [0.25, 0.3) is 0 Å². The van der Waals surface area contributed by atoms with Crippen LogP contribution in [0.4, 0.5) is 10.5 Å². The van der Waals surface area contributed by atoms with Gasteiger partial charge in [-0.3, -0.25) is 20.3 Å². The van der Waals surface area contributed by atoms with Gasteiger partial charge in [0.05, 0.1) is 5.92 Å². The number of ether oxygens (including phenoxy) is 1. The van der Waals surface area contributed by atoms with Gasteiger partial charge < -0.3 is 15.0 Å². The Balaban J connectivity index is 1.01. The van der Waals surface area contributed by atoms with Crippen molar-refractivity contribution in [3.8, 4) is 0 Å². The molecule has 1 saturated carbocycles. The van der Waals surface area contributed by atoms with Crippen molar-refractivity contribution < 1.29 is 19.1 Å². The van der Waals surface area contributed by atoms with Crippen LogP contribution >= 0.6 is 0 Å². The third-order valence-electron chi connectivity index (χ3n) is 8.70. The molecule has 3 amide bonds. The van der Waals surface area contributed by atoms with Crippen LogP contribution in [0.2, 0.25) is 0 Å². The summed E-state index contributed by atoms with van der Waals surface area (Å²) in [7, 11) is 0. The fraction of sp³-hybridized carbons (Fsp3) is 0.690. The number of rotatable bonds is 5. The summed E-state index contributed by atoms with van der Waals surface area (Å²) in [6, 6.07) is 9.48. The predicted octanol–water partition coefficient (Wildman–Crippen LogP) is 3.45. The molecule has 0 aromatic heterocycles. The first-order valence-corrected chi connectivity index (χ1v) is 14.3. The van der Waals surface area contributed by atoms with Crippen LogP contribution in [0.5, 0.6) is 0 Å². The van der Waals surface area contributed by atoms with E-state index in [-0.39, 0.29) is 23.8 Å². The molecule has 208 valence electrons. The van der Waals surface area contributed by atoms with E-state index < -0.39 is 5.60 Å². The van der Waals surface area contributed by atoms with Crippen LogP contribution in [0, 0.1) is 5.41 Å². The van der Waals surface area contributed by atoms with Gasteiger partial charge in [0.15, 0.2) is 0 Å². The van der Waals surface area contributed by atoms with Crippen molar-refractivity contribution in [1.82, 2.24) is 21.1 Å². The number of amides is 3. The fourth-order valence-electron chi connectivity index (χ4n) is 6.60. The van der Waals surface area contributed by atoms with E-state index in [9.17, 15) is 14.4 Å². The van der Waals surface area contributed by atoms with Crippen LogP contribution < -0.4 is 21.0 Å². The Labute approximate surface area is 226 Å². The molecule has 3 aliphatic heterocycles. The Hall–Kier alpha value is -2.65. The van der Waals surface area contributed by atoms with E-state index in [0.717, 1.165) is 57.4 Å². The number of carbonyl (C=O) groups is 3. The van der Waals surface area contributed by atoms with Gasteiger partial charge in [-0.1, -0.05) is 12.1 Å². The van der Waals surface area contributed by atoms with E-state index in [1.165, 1.54) is 18.5 Å². The smallest absolute Gasteiger partial charge is 0.422 e. The van der Waals surface area contributed by atoms with Crippen molar-refractivity contribution in [3.63, 3.8) is 0 Å². The van der Waals surface area contributed by atoms with E-state index in [0.29, 0.717) is 30.3 Å². The normalized spacial score (nSPS) is 25.1. The molecule has 5 rings (SSSR count). The lowest BCUT2D eigenvalue weighted by Crippen LogP contribution is -2.58. The molecule has 3 heterocycles. The van der Waals surface area contributed by atoms with Gasteiger partial charge in [-0.2, -0.15) is 0 Å². The molecule has 1 aliphatic carbocycles. The summed E-state index contributed by atoms with van der Waals surface area (Å²) in [5.41, 5.74) is 5.04. The summed E-state index contributed by atoms with van der Waals surface area (Å²) in [6.45, 7) is 9.46. The topological polar surface area (TPSA) is 103 Å². The van der Waals surface area contributed by atoms with E-state index >= 15 is 0 Å². The first-order valence-electron chi connectivity index (χ1n) is 14.3. The Kier molecular flexibility index (Phi) is 7.69. The third kappa shape index (κ3) is 6.49. The standard InChI is InChI=1S/C29H43N5O4/c1-28(2,3)38-27(37)32-34-16-12-29(13-17-34)18-22(19-29)30-21-10-14-33(15-11-21)23-6-4-20(5-7-23)24-8-9-25(35)31-26(24)36/h4-7,21-22,24,30H,8-19H2,1-3H3,(H,32,37)(H,31,35,36). The van der Waals surface area contributed by atoms with Gasteiger partial charge in [-0.15, -0.1) is 0 Å². The second kappa shape index (κ2) is 10.8. The lowest BCUT2D eigenvalue weighted by Gasteiger charge is -2.53. The number of hydrogen-bond donors (Lipinski definition) is 3. The SMILES string of the molecule is CC(C)(C)OC(=O)NN1CCC2(CC1)CC(NC1CCN(c3ccc(C4CCC(=O)NC4=O)cc3)CC1)C2. The van der Waals surface area contributed by atoms with Crippen molar-refractivity contribution in [2.75, 3.05) is 31.1 Å². The maximum absolute atomic E-state index is 12.2. The minimum atomic E-state index is -0.480. The third-order valence-corrected chi connectivity index (χ3v) is 8.70. The summed E-state index contributed by atoms with van der Waals surface area (Å²) in [5.74, 6) is -0.577. The van der Waals surface area contributed by atoms with Crippen LogP contribution in [0.3, 0.4) is 0 Å². The van der Waals surface area contributed by atoms with E-state index in [1.807, 2.05) is 37.9 Å². The molecular weight excluding hydrogens is 482 g/mol. The number of hydrogen-bond acceptors (Lipinski definition) is 7. The monoisotopic (exact) mass is 525 g/mol. The maximum Gasteiger partial charge on any atom is 0.422 e. The lowest BCUT2D eigenvalue weighted by molar-refractivity contribution is -0.134. The van der Waals surface area contributed by atoms with Crippen molar-refractivity contribution in [2.24, 2.45) is 5.41 Å². The zero-order chi connectivity index (χ0) is 26.9. The van der Waals surface area contributed by atoms with E-state index in [1.54, 1.807) is 0 Å². The Bertz CT molecular complexity index is 1010. The Morgan fingerprint density at radius 2 is 1.63 bits per heavy atom. The highest BCUT2D eigenvalue weighted by Crippen LogP contribution is 2.49. The van der Waals surface area contributed by atoms with Crippen LogP contribution in [-0.2, 0) is 14.3 Å². The molecule has 1 atom stereocenters. The second-order valence-corrected chi connectivity index (χ2v) is 12.7. The lowest BCUT2D eigenvalue weighted by atomic mass is 9.60. The molecule has 9 heteroatoms. The van der Waals surface area contributed by atoms with Crippen LogP contribution in [0.1, 0.15) is 83.6 Å². The Morgan fingerprint density at radius 3 is 2.24 bits per heavy atom. The van der Waals surface area contributed by atoms with Crippen LogP contribution in [0.25, 0.3) is 0 Å². The number of carbonyl (C=O) groups excluding carboxylic acids is 3. The summed E-state index contributed by atoms with van der Waals surface area (Å²) in [5, 5.41) is 8.39. The average Bonchev–Trinajstić information content (AvgIpc) is 2.84. The molecule has 38 heavy (non-hydrogen) atoms. The molecule has 1 aromatic rings. The molecule has 4 aliphatic rings. The van der Waals surface area contributed by atoms with E-state index in [2.05, 4.69) is 33.1 Å². The zero-order valence-corrected chi connectivity index (χ0v) is 23.1. The number of nitrogens with one attached hydrogen (secondary N) is 3. The number of nitrogens with zero attached hydrogens (tertiary/aromatic N) is 2. The molecule has 9 nitrogen and oxygen atoms in total. The molecular formula is C29H43N5O4.